The Morgan fingerprint density at radius 3 is 2.39 bits per heavy atom. The van der Waals surface area contributed by atoms with Crippen molar-refractivity contribution in [2.24, 2.45) is 5.10 Å². The van der Waals surface area contributed by atoms with Crippen LogP contribution >= 0.6 is 0 Å². The van der Waals surface area contributed by atoms with Crippen molar-refractivity contribution in [3.8, 4) is 5.75 Å². The second-order valence-corrected chi connectivity index (χ2v) is 9.59. The van der Waals surface area contributed by atoms with Crippen LogP contribution in [0.1, 0.15) is 43.0 Å². The Balaban J connectivity index is 1.75. The summed E-state index contributed by atoms with van der Waals surface area (Å²) >= 11 is 0. The molecule has 33 heavy (non-hydrogen) atoms. The lowest BCUT2D eigenvalue weighted by molar-refractivity contribution is -0.121. The third-order valence-corrected chi connectivity index (χ3v) is 5.49. The summed E-state index contributed by atoms with van der Waals surface area (Å²) in [5.74, 6) is 0.228. The number of hydrogen-bond donors (Lipinski definition) is 1. The number of rotatable bonds is 11. The van der Waals surface area contributed by atoms with E-state index in [-0.39, 0.29) is 17.9 Å². The molecule has 2 aromatic carbocycles. The molecule has 0 aliphatic carbocycles. The molecule has 0 unspecified atom stereocenters. The van der Waals surface area contributed by atoms with Gasteiger partial charge in [0.1, 0.15) is 0 Å². The van der Waals surface area contributed by atoms with Gasteiger partial charge in [-0.1, -0.05) is 57.2 Å². The Kier molecular flexibility index (Phi) is 9.82. The van der Waals surface area contributed by atoms with Gasteiger partial charge in [-0.3, -0.25) is 9.69 Å². The predicted molar refractivity (Wildman–Crippen MR) is 138 cm³/mol. The van der Waals surface area contributed by atoms with Crippen molar-refractivity contribution in [1.29, 1.82) is 0 Å². The lowest BCUT2D eigenvalue weighted by Gasteiger charge is -2.22. The summed E-state index contributed by atoms with van der Waals surface area (Å²) in [5.41, 5.74) is 6.89. The first kappa shape index (κ1) is 26.3. The first-order chi connectivity index (χ1) is 15.6. The van der Waals surface area contributed by atoms with Gasteiger partial charge in [0.25, 0.3) is 11.7 Å². The molecule has 2 aromatic rings. The van der Waals surface area contributed by atoms with Crippen molar-refractivity contribution < 1.29 is 9.90 Å². The van der Waals surface area contributed by atoms with Crippen LogP contribution in [0.15, 0.2) is 60.2 Å². The van der Waals surface area contributed by atoms with Crippen LogP contribution in [0.3, 0.4) is 0 Å². The summed E-state index contributed by atoms with van der Waals surface area (Å²) in [4.78, 5) is 16.4. The van der Waals surface area contributed by atoms with Crippen molar-refractivity contribution in [3.63, 3.8) is 0 Å². The number of hydrazone groups is 1. The van der Waals surface area contributed by atoms with Crippen LogP contribution in [-0.4, -0.2) is 60.8 Å². The molecule has 0 heterocycles. The molecule has 0 aliphatic rings. The molecule has 0 saturated heterocycles. The first-order valence-electron chi connectivity index (χ1n) is 11.3. The lowest BCUT2D eigenvalue weighted by Crippen LogP contribution is -2.37. The molecule has 3 N–H and O–H groups in total. The number of nitrogens with zero attached hydrogens (tertiary/aromatic N) is 3. The van der Waals surface area contributed by atoms with Crippen molar-refractivity contribution >= 4 is 12.1 Å². The molecule has 0 fully saturated rings. The number of amides is 1. The van der Waals surface area contributed by atoms with Crippen LogP contribution in [0.2, 0.25) is 0 Å². The molecule has 0 aromatic heterocycles. The fourth-order valence-electron chi connectivity index (χ4n) is 3.43. The monoisotopic (exact) mass is 451 g/mol. The Hall–Kier alpha value is -2.96. The van der Waals surface area contributed by atoms with E-state index in [0.717, 1.165) is 25.2 Å². The maximum atomic E-state index is 12.2. The van der Waals surface area contributed by atoms with E-state index < -0.39 is 0 Å². The summed E-state index contributed by atoms with van der Waals surface area (Å²) < 4.78 is 0. The van der Waals surface area contributed by atoms with Crippen LogP contribution < -0.4 is 5.43 Å². The zero-order valence-corrected chi connectivity index (χ0v) is 20.7. The zero-order chi connectivity index (χ0) is 24.4. The van der Waals surface area contributed by atoms with Crippen LogP contribution in [0, 0.1) is 0 Å². The van der Waals surface area contributed by atoms with Gasteiger partial charge in [0.05, 0.1) is 23.9 Å². The van der Waals surface area contributed by atoms with Crippen LogP contribution in [0.4, 0.5) is 0 Å². The predicted octanol–water partition coefficient (Wildman–Crippen LogP) is 3.66. The highest BCUT2D eigenvalue weighted by Crippen LogP contribution is 2.23. The quantitative estimate of drug-likeness (QED) is 0.245. The van der Waals surface area contributed by atoms with Gasteiger partial charge < -0.3 is 10.0 Å². The van der Waals surface area contributed by atoms with E-state index in [1.807, 2.05) is 30.1 Å². The molecule has 0 aliphatic heterocycles. The van der Waals surface area contributed by atoms with Crippen LogP contribution in [-0.2, 0) is 23.2 Å². The molecular weight excluding hydrogens is 412 g/mol. The SMILES string of the molecule is C=CCc1cccc(/C=N/NC(=O)CN(C)CCN(C)Cc2ccc(C(C)(C)C)cc2)c1[OH2+]. The van der Waals surface area contributed by atoms with Gasteiger partial charge in [0.2, 0.25) is 0 Å². The summed E-state index contributed by atoms with van der Waals surface area (Å²) in [5, 5.41) is 12.2. The average molecular weight is 452 g/mol. The fraction of sp³-hybridized carbons (Fsp3) is 0.407. The Morgan fingerprint density at radius 1 is 1.09 bits per heavy atom. The molecule has 0 spiro atoms. The molecule has 6 heteroatoms. The number of hydrogen-bond acceptors (Lipinski definition) is 4. The molecule has 0 bridgehead atoms. The maximum Gasteiger partial charge on any atom is 0.266 e. The zero-order valence-electron chi connectivity index (χ0n) is 20.7. The van der Waals surface area contributed by atoms with Crippen LogP contribution in [0.5, 0.6) is 5.75 Å². The third-order valence-electron chi connectivity index (χ3n) is 5.49. The molecule has 1 amide bonds. The van der Waals surface area contributed by atoms with Crippen LogP contribution in [0.25, 0.3) is 0 Å². The number of likely N-dealkylation sites (N-methyl/N-ethyl adjacent to an activating group) is 2. The minimum Gasteiger partial charge on any atom is -0.593 e. The van der Waals surface area contributed by atoms with Gasteiger partial charge in [-0.05, 0) is 49.2 Å². The number of carbonyl (C=O) groups excluding carboxylic acids is 1. The molecule has 0 radical (unpaired) electrons. The number of nitrogens with one attached hydrogen (secondary N) is 1. The third kappa shape index (κ3) is 8.83. The molecule has 0 atom stereocenters. The fourth-order valence-corrected chi connectivity index (χ4v) is 3.43. The lowest BCUT2D eigenvalue weighted by atomic mass is 9.87. The summed E-state index contributed by atoms with van der Waals surface area (Å²) in [6, 6.07) is 14.4. The van der Waals surface area contributed by atoms with Crippen molar-refractivity contribution in [3.05, 3.63) is 77.4 Å². The van der Waals surface area contributed by atoms with Gasteiger partial charge in [0.15, 0.2) is 0 Å². The van der Waals surface area contributed by atoms with Gasteiger partial charge in [-0.15, -0.1) is 6.58 Å². The van der Waals surface area contributed by atoms with E-state index >= 15 is 0 Å². The van der Waals surface area contributed by atoms with Crippen molar-refractivity contribution in [2.45, 2.75) is 39.2 Å². The van der Waals surface area contributed by atoms with E-state index in [1.54, 1.807) is 6.08 Å². The van der Waals surface area contributed by atoms with E-state index in [1.165, 1.54) is 17.3 Å². The largest absolute Gasteiger partial charge is 0.593 e. The number of allylic oxidation sites excluding steroid dienone is 1. The summed E-state index contributed by atoms with van der Waals surface area (Å²) in [7, 11) is 4.02. The smallest absolute Gasteiger partial charge is 0.266 e. The highest BCUT2D eigenvalue weighted by atomic mass is 16.3. The normalized spacial score (nSPS) is 12.0. The maximum absolute atomic E-state index is 12.2. The number of para-hydroxylation sites is 1. The second kappa shape index (κ2) is 12.3. The summed E-state index contributed by atoms with van der Waals surface area (Å²) in [6.45, 7) is 13.1. The summed E-state index contributed by atoms with van der Waals surface area (Å²) in [6.07, 6.45) is 3.92. The second-order valence-electron chi connectivity index (χ2n) is 9.59. The standard InChI is InChI=1S/C27H38N4O2/c1-7-9-22-10-8-11-23(26(22)33)18-28-29-25(32)20-31(6)17-16-30(5)19-21-12-14-24(15-13-21)27(2,3)4/h7-8,10-15,18,33H,1,9,16-17,19-20H2,2-6H3,(H,29,32)/p+1/b28-18+. The average Bonchev–Trinajstić information content (AvgIpc) is 2.75. The highest BCUT2D eigenvalue weighted by molar-refractivity contribution is 5.86. The molecule has 2 rings (SSSR count). The Bertz CT molecular complexity index is 946. The van der Waals surface area contributed by atoms with E-state index in [9.17, 15) is 4.79 Å². The van der Waals surface area contributed by atoms with Crippen molar-refractivity contribution in [2.75, 3.05) is 33.7 Å². The molecule has 6 nitrogen and oxygen atoms in total. The van der Waals surface area contributed by atoms with Gasteiger partial charge in [-0.2, -0.15) is 5.10 Å². The Morgan fingerprint density at radius 2 is 1.76 bits per heavy atom. The van der Waals surface area contributed by atoms with E-state index in [2.05, 4.69) is 74.1 Å². The number of carbonyl (C=O) groups is 1. The minimum absolute atomic E-state index is 0.163. The van der Waals surface area contributed by atoms with Gasteiger partial charge >= 0.3 is 0 Å². The van der Waals surface area contributed by atoms with E-state index in [4.69, 9.17) is 5.11 Å². The van der Waals surface area contributed by atoms with Crippen molar-refractivity contribution in [1.82, 2.24) is 15.2 Å². The molecular formula is C27H39N4O2+. The highest BCUT2D eigenvalue weighted by Gasteiger charge is 2.13. The Labute approximate surface area is 198 Å². The van der Waals surface area contributed by atoms with Gasteiger partial charge in [0, 0.05) is 19.6 Å². The number of benzene rings is 2. The molecule has 0 saturated carbocycles. The minimum atomic E-state index is -0.178. The van der Waals surface area contributed by atoms with Gasteiger partial charge in [-0.25, -0.2) is 5.43 Å². The first-order valence-corrected chi connectivity index (χ1v) is 11.3. The topological polar surface area (TPSA) is 70.8 Å². The molecule has 178 valence electrons. The van der Waals surface area contributed by atoms with E-state index in [0.29, 0.717) is 17.7 Å².